The molecule has 1 heterocycles. The standard InChI is InChI=1S/C16H10F3NO5/c1-23-14(21)10-11(15(22)24-2)13(16(17,18)19)25-12(10)9-5-3-8(7-20)4-6-9/h3-6H,1-2H3. The Morgan fingerprint density at radius 3 is 2.00 bits per heavy atom. The van der Waals surface area contributed by atoms with Crippen LogP contribution in [0.2, 0.25) is 0 Å². The lowest BCUT2D eigenvalue weighted by molar-refractivity contribution is -0.153. The summed E-state index contributed by atoms with van der Waals surface area (Å²) in [5.74, 6) is -4.77. The number of rotatable bonds is 3. The molecule has 25 heavy (non-hydrogen) atoms. The maximum absolute atomic E-state index is 13.2. The zero-order chi connectivity index (χ0) is 18.8. The van der Waals surface area contributed by atoms with Crippen molar-refractivity contribution in [3.8, 4) is 17.4 Å². The molecule has 0 bridgehead atoms. The molecule has 2 rings (SSSR count). The summed E-state index contributed by atoms with van der Waals surface area (Å²) in [4.78, 5) is 23.8. The summed E-state index contributed by atoms with van der Waals surface area (Å²) in [7, 11) is 1.82. The van der Waals surface area contributed by atoms with Gasteiger partial charge in [-0.2, -0.15) is 18.4 Å². The maximum atomic E-state index is 13.2. The van der Waals surface area contributed by atoms with Crippen LogP contribution < -0.4 is 0 Å². The first kappa shape index (κ1) is 18.1. The van der Waals surface area contributed by atoms with Crippen molar-refractivity contribution in [3.05, 3.63) is 46.7 Å². The lowest BCUT2D eigenvalue weighted by atomic mass is 10.0. The quantitative estimate of drug-likeness (QED) is 0.786. The number of esters is 2. The fourth-order valence-corrected chi connectivity index (χ4v) is 2.12. The van der Waals surface area contributed by atoms with Gasteiger partial charge >= 0.3 is 18.1 Å². The monoisotopic (exact) mass is 353 g/mol. The van der Waals surface area contributed by atoms with Gasteiger partial charge in [0.1, 0.15) is 16.9 Å². The van der Waals surface area contributed by atoms with E-state index in [2.05, 4.69) is 9.47 Å². The number of alkyl halides is 3. The van der Waals surface area contributed by atoms with E-state index < -0.39 is 40.8 Å². The highest BCUT2D eigenvalue weighted by Gasteiger charge is 2.45. The first-order valence-corrected chi connectivity index (χ1v) is 6.65. The molecular weight excluding hydrogens is 343 g/mol. The molecule has 0 aliphatic rings. The molecule has 0 N–H and O–H groups in total. The van der Waals surface area contributed by atoms with Crippen LogP contribution >= 0.6 is 0 Å². The van der Waals surface area contributed by atoms with Gasteiger partial charge in [-0.05, 0) is 24.3 Å². The van der Waals surface area contributed by atoms with Gasteiger partial charge < -0.3 is 13.9 Å². The highest BCUT2D eigenvalue weighted by atomic mass is 19.4. The summed E-state index contributed by atoms with van der Waals surface area (Å²) in [5.41, 5.74) is -1.47. The van der Waals surface area contributed by atoms with Gasteiger partial charge in [-0.25, -0.2) is 9.59 Å². The second-order valence-corrected chi connectivity index (χ2v) is 4.68. The van der Waals surface area contributed by atoms with Crippen LogP contribution in [0.4, 0.5) is 13.2 Å². The van der Waals surface area contributed by atoms with E-state index in [9.17, 15) is 22.8 Å². The molecule has 1 aromatic carbocycles. The number of benzene rings is 1. The maximum Gasteiger partial charge on any atom is 0.450 e. The predicted octanol–water partition coefficient (Wildman–Crippen LogP) is 3.41. The number of ether oxygens (including phenoxy) is 2. The van der Waals surface area contributed by atoms with Crippen molar-refractivity contribution in [3.63, 3.8) is 0 Å². The highest BCUT2D eigenvalue weighted by molar-refractivity contribution is 6.08. The Labute approximate surface area is 139 Å². The van der Waals surface area contributed by atoms with Crippen LogP contribution in [-0.4, -0.2) is 26.2 Å². The largest absolute Gasteiger partial charge is 0.465 e. The topological polar surface area (TPSA) is 89.5 Å². The van der Waals surface area contributed by atoms with Crippen LogP contribution in [0.15, 0.2) is 28.7 Å². The van der Waals surface area contributed by atoms with E-state index in [0.29, 0.717) is 0 Å². The van der Waals surface area contributed by atoms with Crippen LogP contribution in [-0.2, 0) is 15.7 Å². The van der Waals surface area contributed by atoms with Gasteiger partial charge in [-0.1, -0.05) is 0 Å². The average molecular weight is 353 g/mol. The van der Waals surface area contributed by atoms with E-state index in [1.54, 1.807) is 0 Å². The van der Waals surface area contributed by atoms with Gasteiger partial charge in [0.25, 0.3) is 0 Å². The number of methoxy groups -OCH3 is 2. The van der Waals surface area contributed by atoms with Crippen molar-refractivity contribution in [2.24, 2.45) is 0 Å². The Bertz CT molecular complexity index is 860. The van der Waals surface area contributed by atoms with E-state index in [4.69, 9.17) is 9.68 Å². The molecule has 0 unspecified atom stereocenters. The molecule has 1 aromatic heterocycles. The summed E-state index contributed by atoms with van der Waals surface area (Å²) < 4.78 is 53.4. The third-order valence-electron chi connectivity index (χ3n) is 3.22. The fraction of sp³-hybridized carbons (Fsp3) is 0.188. The molecule has 0 fully saturated rings. The number of halogens is 3. The molecule has 0 saturated carbocycles. The van der Waals surface area contributed by atoms with E-state index >= 15 is 0 Å². The lowest BCUT2D eigenvalue weighted by Crippen LogP contribution is -2.16. The SMILES string of the molecule is COC(=O)c1c(-c2ccc(C#N)cc2)oc(C(F)(F)F)c1C(=O)OC. The highest BCUT2D eigenvalue weighted by Crippen LogP contribution is 2.41. The number of hydrogen-bond donors (Lipinski definition) is 0. The van der Waals surface area contributed by atoms with Gasteiger partial charge in [0, 0.05) is 5.56 Å². The number of carbonyl (C=O) groups is 2. The molecule has 0 aliphatic carbocycles. The van der Waals surface area contributed by atoms with Gasteiger partial charge in [0.2, 0.25) is 5.76 Å². The van der Waals surface area contributed by atoms with E-state index in [1.165, 1.54) is 24.3 Å². The van der Waals surface area contributed by atoms with Crippen molar-refractivity contribution < 1.29 is 36.7 Å². The van der Waals surface area contributed by atoms with Crippen molar-refractivity contribution in [1.29, 1.82) is 5.26 Å². The van der Waals surface area contributed by atoms with Crippen molar-refractivity contribution >= 4 is 11.9 Å². The number of nitriles is 1. The molecule has 0 amide bonds. The smallest absolute Gasteiger partial charge is 0.450 e. The second kappa shape index (κ2) is 6.68. The third-order valence-corrected chi connectivity index (χ3v) is 3.22. The summed E-state index contributed by atoms with van der Waals surface area (Å²) >= 11 is 0. The molecule has 2 aromatic rings. The average Bonchev–Trinajstić information content (AvgIpc) is 3.01. The van der Waals surface area contributed by atoms with Crippen LogP contribution in [0.25, 0.3) is 11.3 Å². The first-order valence-electron chi connectivity index (χ1n) is 6.65. The van der Waals surface area contributed by atoms with Gasteiger partial charge in [-0.3, -0.25) is 0 Å². The van der Waals surface area contributed by atoms with Gasteiger partial charge in [-0.15, -0.1) is 0 Å². The van der Waals surface area contributed by atoms with Crippen molar-refractivity contribution in [1.82, 2.24) is 0 Å². The fourth-order valence-electron chi connectivity index (χ4n) is 2.12. The molecule has 9 heteroatoms. The number of furan rings is 1. The molecule has 0 atom stereocenters. The van der Waals surface area contributed by atoms with Crippen LogP contribution in [0.1, 0.15) is 32.0 Å². The molecule has 130 valence electrons. The zero-order valence-corrected chi connectivity index (χ0v) is 12.9. The summed E-state index contributed by atoms with van der Waals surface area (Å²) in [6.45, 7) is 0. The summed E-state index contributed by atoms with van der Waals surface area (Å²) in [5, 5.41) is 8.78. The van der Waals surface area contributed by atoms with Crippen LogP contribution in [0, 0.1) is 11.3 Å². The Morgan fingerprint density at radius 2 is 1.56 bits per heavy atom. The number of carbonyl (C=O) groups excluding carboxylic acids is 2. The Morgan fingerprint density at radius 1 is 1.04 bits per heavy atom. The van der Waals surface area contributed by atoms with E-state index in [0.717, 1.165) is 14.2 Å². The van der Waals surface area contributed by atoms with Gasteiger partial charge in [0.15, 0.2) is 0 Å². The zero-order valence-electron chi connectivity index (χ0n) is 12.9. The van der Waals surface area contributed by atoms with Crippen molar-refractivity contribution in [2.45, 2.75) is 6.18 Å². The van der Waals surface area contributed by atoms with E-state index in [-0.39, 0.29) is 11.1 Å². The second-order valence-electron chi connectivity index (χ2n) is 4.68. The summed E-state index contributed by atoms with van der Waals surface area (Å²) in [6, 6.07) is 7.06. The van der Waals surface area contributed by atoms with Crippen LogP contribution in [0.5, 0.6) is 0 Å². The first-order chi connectivity index (χ1) is 11.7. The molecular formula is C16H10F3NO5. The van der Waals surface area contributed by atoms with Crippen LogP contribution in [0.3, 0.4) is 0 Å². The Hall–Kier alpha value is -3.28. The number of nitrogens with zero attached hydrogens (tertiary/aromatic N) is 1. The molecule has 0 spiro atoms. The lowest BCUT2D eigenvalue weighted by Gasteiger charge is -2.05. The molecule has 0 radical (unpaired) electrons. The minimum atomic E-state index is -5.04. The summed E-state index contributed by atoms with van der Waals surface area (Å²) in [6.07, 6.45) is -5.04. The minimum absolute atomic E-state index is 0.0556. The normalized spacial score (nSPS) is 10.9. The van der Waals surface area contributed by atoms with E-state index in [1.807, 2.05) is 6.07 Å². The predicted molar refractivity (Wildman–Crippen MR) is 76.5 cm³/mol. The van der Waals surface area contributed by atoms with Gasteiger partial charge in [0.05, 0.1) is 25.9 Å². The minimum Gasteiger partial charge on any atom is -0.465 e. The number of hydrogen-bond acceptors (Lipinski definition) is 6. The molecule has 0 saturated heterocycles. The Balaban J connectivity index is 2.82. The molecule has 6 nitrogen and oxygen atoms in total. The van der Waals surface area contributed by atoms with Crippen molar-refractivity contribution in [2.75, 3.05) is 14.2 Å². The molecule has 0 aliphatic heterocycles. The third kappa shape index (κ3) is 3.33. The Kier molecular flexibility index (Phi) is 4.83.